The van der Waals surface area contributed by atoms with Gasteiger partial charge in [-0.05, 0) is 43.9 Å². The first-order valence-corrected chi connectivity index (χ1v) is 8.69. The lowest BCUT2D eigenvalue weighted by Crippen LogP contribution is -2.38. The molecule has 1 heterocycles. The summed E-state index contributed by atoms with van der Waals surface area (Å²) in [6.45, 7) is 5.65. The lowest BCUT2D eigenvalue weighted by Gasteiger charge is -2.16. The first kappa shape index (κ1) is 16.9. The Morgan fingerprint density at radius 3 is 2.83 bits per heavy atom. The molecule has 6 heteroatoms. The molecule has 6 nitrogen and oxygen atoms in total. The first-order chi connectivity index (χ1) is 11.8. The van der Waals surface area contributed by atoms with Crippen molar-refractivity contribution < 1.29 is 14.2 Å². The largest absolute Gasteiger partial charge is 0.454 e. The lowest BCUT2D eigenvalue weighted by atomic mass is 9.96. The molecular weight excluding hydrogens is 306 g/mol. The summed E-state index contributed by atoms with van der Waals surface area (Å²) in [4.78, 5) is 4.80. The van der Waals surface area contributed by atoms with Crippen LogP contribution >= 0.6 is 0 Å². The van der Waals surface area contributed by atoms with Gasteiger partial charge in [-0.1, -0.05) is 6.07 Å². The normalized spacial score (nSPS) is 17.7. The number of hydrogen-bond donors (Lipinski definition) is 2. The van der Waals surface area contributed by atoms with Gasteiger partial charge in [0.15, 0.2) is 17.5 Å². The fourth-order valence-corrected chi connectivity index (χ4v) is 2.91. The number of rotatable bonds is 8. The van der Waals surface area contributed by atoms with Crippen molar-refractivity contribution >= 4 is 5.96 Å². The third-order valence-electron chi connectivity index (χ3n) is 4.54. The van der Waals surface area contributed by atoms with Crippen molar-refractivity contribution in [2.75, 3.05) is 40.1 Å². The van der Waals surface area contributed by atoms with Crippen molar-refractivity contribution in [2.24, 2.45) is 4.99 Å². The predicted octanol–water partition coefficient (Wildman–Crippen LogP) is 2.04. The summed E-state index contributed by atoms with van der Waals surface area (Å²) in [5.74, 6) is 2.57. The van der Waals surface area contributed by atoms with Gasteiger partial charge in [-0.25, -0.2) is 0 Å². The minimum absolute atomic E-state index is 0.149. The van der Waals surface area contributed by atoms with E-state index in [0.29, 0.717) is 6.79 Å². The molecule has 1 aromatic rings. The van der Waals surface area contributed by atoms with E-state index in [4.69, 9.17) is 19.2 Å². The second-order valence-electron chi connectivity index (χ2n) is 6.32. The molecule has 0 radical (unpaired) electrons. The molecule has 1 aliphatic heterocycles. The number of nitrogens with one attached hydrogen (secondary N) is 2. The van der Waals surface area contributed by atoms with Gasteiger partial charge in [-0.3, -0.25) is 4.99 Å². The monoisotopic (exact) mass is 333 g/mol. The molecule has 1 saturated carbocycles. The Labute approximate surface area is 143 Å². The van der Waals surface area contributed by atoms with Crippen LogP contribution in [-0.2, 0) is 10.2 Å². The van der Waals surface area contributed by atoms with E-state index in [1.54, 1.807) is 7.11 Å². The van der Waals surface area contributed by atoms with Crippen LogP contribution in [0.5, 0.6) is 11.5 Å². The molecule has 2 N–H and O–H groups in total. The van der Waals surface area contributed by atoms with Gasteiger partial charge in [0.05, 0.1) is 6.54 Å². The Hall–Kier alpha value is -1.95. The van der Waals surface area contributed by atoms with E-state index in [0.717, 1.165) is 50.1 Å². The van der Waals surface area contributed by atoms with E-state index in [2.05, 4.69) is 29.7 Å². The van der Waals surface area contributed by atoms with Gasteiger partial charge in [0, 0.05) is 32.2 Å². The van der Waals surface area contributed by atoms with Gasteiger partial charge in [-0.15, -0.1) is 0 Å². The molecule has 0 bridgehead atoms. The Kier molecular flexibility index (Phi) is 5.45. The number of hydrogen-bond acceptors (Lipinski definition) is 4. The molecule has 0 unspecified atom stereocenters. The fourth-order valence-electron chi connectivity index (χ4n) is 2.91. The summed E-state index contributed by atoms with van der Waals surface area (Å²) in [7, 11) is 1.72. The molecule has 1 aliphatic carbocycles. The second-order valence-corrected chi connectivity index (χ2v) is 6.32. The highest BCUT2D eigenvalue weighted by atomic mass is 16.7. The van der Waals surface area contributed by atoms with Crippen LogP contribution in [-0.4, -0.2) is 46.1 Å². The number of aliphatic imine (C=N–C) groups is 1. The third kappa shape index (κ3) is 3.93. The van der Waals surface area contributed by atoms with E-state index in [-0.39, 0.29) is 5.41 Å². The second kappa shape index (κ2) is 7.75. The number of benzene rings is 1. The number of methoxy groups -OCH3 is 1. The maximum atomic E-state index is 5.51. The molecule has 0 aromatic heterocycles. The van der Waals surface area contributed by atoms with E-state index >= 15 is 0 Å². The Morgan fingerprint density at radius 2 is 2.08 bits per heavy atom. The zero-order valence-corrected chi connectivity index (χ0v) is 14.6. The van der Waals surface area contributed by atoms with Gasteiger partial charge >= 0.3 is 0 Å². The molecule has 24 heavy (non-hydrogen) atoms. The zero-order chi connectivity index (χ0) is 16.8. The summed E-state index contributed by atoms with van der Waals surface area (Å²) in [5, 5.41) is 6.67. The van der Waals surface area contributed by atoms with Crippen molar-refractivity contribution in [3.8, 4) is 11.5 Å². The third-order valence-corrected chi connectivity index (χ3v) is 4.54. The molecular formula is C18H27N3O3. The minimum Gasteiger partial charge on any atom is -0.454 e. The van der Waals surface area contributed by atoms with E-state index < -0.39 is 0 Å². The van der Waals surface area contributed by atoms with Crippen LogP contribution in [0.4, 0.5) is 0 Å². The Balaban J connectivity index is 1.62. The average Bonchev–Trinajstić information content (AvgIpc) is 3.25. The zero-order valence-electron chi connectivity index (χ0n) is 14.6. The van der Waals surface area contributed by atoms with Gasteiger partial charge in [-0.2, -0.15) is 0 Å². The summed E-state index contributed by atoms with van der Waals surface area (Å²) in [6.07, 6.45) is 3.30. The summed E-state index contributed by atoms with van der Waals surface area (Å²) in [6, 6.07) is 6.27. The van der Waals surface area contributed by atoms with Crippen LogP contribution in [0.1, 0.15) is 31.7 Å². The number of fused-ring (bicyclic) bond motifs is 1. The highest BCUT2D eigenvalue weighted by molar-refractivity contribution is 5.79. The van der Waals surface area contributed by atoms with Crippen molar-refractivity contribution in [3.05, 3.63) is 23.8 Å². The Bertz CT molecular complexity index is 585. The lowest BCUT2D eigenvalue weighted by molar-refractivity contribution is 0.174. The molecule has 132 valence electrons. The van der Waals surface area contributed by atoms with Crippen molar-refractivity contribution in [1.29, 1.82) is 0 Å². The number of ether oxygens (including phenoxy) is 3. The minimum atomic E-state index is 0.149. The standard InChI is InChI=1S/C18H27N3O3/c1-3-19-17(20-9-4-10-22-2)21-12-18(7-8-18)14-5-6-15-16(11-14)24-13-23-15/h5-6,11H,3-4,7-10,12-13H2,1-2H3,(H2,19,20,21). The van der Waals surface area contributed by atoms with E-state index in [1.165, 1.54) is 18.4 Å². The molecule has 3 rings (SSSR count). The molecule has 1 aromatic carbocycles. The summed E-state index contributed by atoms with van der Waals surface area (Å²) in [5.41, 5.74) is 1.45. The molecule has 0 spiro atoms. The van der Waals surface area contributed by atoms with Crippen LogP contribution in [0.3, 0.4) is 0 Å². The number of nitrogens with zero attached hydrogens (tertiary/aromatic N) is 1. The number of guanidine groups is 1. The summed E-state index contributed by atoms with van der Waals surface area (Å²) < 4.78 is 16.0. The molecule has 0 amide bonds. The average molecular weight is 333 g/mol. The molecule has 0 saturated heterocycles. The van der Waals surface area contributed by atoms with Crippen LogP contribution in [0.15, 0.2) is 23.2 Å². The quantitative estimate of drug-likeness (QED) is 0.433. The van der Waals surface area contributed by atoms with Crippen LogP contribution in [0, 0.1) is 0 Å². The van der Waals surface area contributed by atoms with Crippen molar-refractivity contribution in [3.63, 3.8) is 0 Å². The summed E-state index contributed by atoms with van der Waals surface area (Å²) >= 11 is 0. The molecule has 1 fully saturated rings. The maximum Gasteiger partial charge on any atom is 0.231 e. The van der Waals surface area contributed by atoms with Crippen molar-refractivity contribution in [1.82, 2.24) is 10.6 Å². The van der Waals surface area contributed by atoms with Gasteiger partial charge in [0.25, 0.3) is 0 Å². The fraction of sp³-hybridized carbons (Fsp3) is 0.611. The molecule has 2 aliphatic rings. The first-order valence-electron chi connectivity index (χ1n) is 8.69. The topological polar surface area (TPSA) is 64.1 Å². The maximum absolute atomic E-state index is 5.51. The van der Waals surface area contributed by atoms with Crippen LogP contribution < -0.4 is 20.1 Å². The molecule has 0 atom stereocenters. The predicted molar refractivity (Wildman–Crippen MR) is 94.0 cm³/mol. The van der Waals surface area contributed by atoms with Crippen molar-refractivity contribution in [2.45, 2.75) is 31.6 Å². The van der Waals surface area contributed by atoms with E-state index in [9.17, 15) is 0 Å². The van der Waals surface area contributed by atoms with Crippen LogP contribution in [0.25, 0.3) is 0 Å². The Morgan fingerprint density at radius 1 is 1.25 bits per heavy atom. The highest BCUT2D eigenvalue weighted by Crippen LogP contribution is 2.50. The SMILES string of the molecule is CCNC(=NCC1(c2ccc3c(c2)OCO3)CC1)NCCCOC. The van der Waals surface area contributed by atoms with Gasteiger partial charge < -0.3 is 24.8 Å². The smallest absolute Gasteiger partial charge is 0.231 e. The van der Waals surface area contributed by atoms with Gasteiger partial charge in [0.2, 0.25) is 6.79 Å². The van der Waals surface area contributed by atoms with E-state index in [1.807, 2.05) is 6.07 Å². The van der Waals surface area contributed by atoms with Gasteiger partial charge in [0.1, 0.15) is 0 Å². The highest BCUT2D eigenvalue weighted by Gasteiger charge is 2.44. The van der Waals surface area contributed by atoms with Crippen LogP contribution in [0.2, 0.25) is 0 Å².